The van der Waals surface area contributed by atoms with Gasteiger partial charge >= 0.3 is 0 Å². The Balaban J connectivity index is 1.63. The number of ether oxygens (including phenoxy) is 1. The third-order valence-corrected chi connectivity index (χ3v) is 3.83. The van der Waals surface area contributed by atoms with Gasteiger partial charge in [-0.2, -0.15) is 0 Å². The quantitative estimate of drug-likeness (QED) is 0.724. The van der Waals surface area contributed by atoms with Crippen LogP contribution in [0, 0.1) is 0 Å². The molecule has 2 heterocycles. The summed E-state index contributed by atoms with van der Waals surface area (Å²) < 4.78 is 5.65. The number of aliphatic hydroxyl groups is 1. The van der Waals surface area contributed by atoms with Crippen molar-refractivity contribution in [3.05, 3.63) is 24.0 Å². The van der Waals surface area contributed by atoms with Gasteiger partial charge in [-0.25, -0.2) is 4.98 Å². The zero-order valence-corrected chi connectivity index (χ0v) is 12.2. The molecule has 1 aliphatic heterocycles. The van der Waals surface area contributed by atoms with Crippen LogP contribution in [-0.2, 0) is 11.2 Å². The molecule has 4 N–H and O–H groups in total. The van der Waals surface area contributed by atoms with E-state index in [1.54, 1.807) is 0 Å². The Morgan fingerprint density at radius 1 is 1.48 bits per heavy atom. The van der Waals surface area contributed by atoms with Crippen LogP contribution in [0.1, 0.15) is 12.7 Å². The predicted molar refractivity (Wildman–Crippen MR) is 82.1 cm³/mol. The number of nitrogens with one attached hydrogen (secondary N) is 1. The third kappa shape index (κ3) is 3.34. The number of nitrogens with two attached hydrogens (primary N) is 1. The lowest BCUT2D eigenvalue weighted by Crippen LogP contribution is -2.48. The first-order valence-electron chi connectivity index (χ1n) is 7.37. The molecule has 2 unspecified atom stereocenters. The number of aromatic amines is 1. The number of imidazole rings is 1. The fourth-order valence-corrected chi connectivity index (χ4v) is 2.89. The molecule has 1 aromatic heterocycles. The first-order valence-corrected chi connectivity index (χ1v) is 7.37. The maximum atomic E-state index is 9.25. The molecule has 0 spiro atoms. The van der Waals surface area contributed by atoms with Crippen LogP contribution in [-0.4, -0.2) is 58.4 Å². The second kappa shape index (κ2) is 6.01. The Hall–Kier alpha value is -1.63. The fourth-order valence-electron chi connectivity index (χ4n) is 2.89. The van der Waals surface area contributed by atoms with E-state index in [9.17, 15) is 5.11 Å². The number of hydrogen-bond donors (Lipinski definition) is 3. The number of hydrogen-bond acceptors (Lipinski definition) is 5. The molecule has 0 bridgehead atoms. The number of benzene rings is 1. The lowest BCUT2D eigenvalue weighted by atomic mass is 10.2. The second-order valence-corrected chi connectivity index (χ2v) is 5.72. The summed E-state index contributed by atoms with van der Waals surface area (Å²) in [5.41, 5.74) is 8.44. The van der Waals surface area contributed by atoms with Crippen molar-refractivity contribution in [3.63, 3.8) is 0 Å². The molecule has 2 aromatic rings. The molecule has 0 amide bonds. The van der Waals surface area contributed by atoms with Crippen molar-refractivity contribution in [2.45, 2.75) is 25.6 Å². The number of aliphatic hydroxyl groups excluding tert-OH is 1. The minimum atomic E-state index is -0.0794. The number of nitrogens with zero attached hydrogens (tertiary/aromatic N) is 2. The molecule has 6 heteroatoms. The van der Waals surface area contributed by atoms with Crippen molar-refractivity contribution >= 4 is 16.7 Å². The number of rotatable bonds is 4. The Morgan fingerprint density at radius 2 is 2.33 bits per heavy atom. The van der Waals surface area contributed by atoms with Gasteiger partial charge in [0.25, 0.3) is 0 Å². The van der Waals surface area contributed by atoms with E-state index in [-0.39, 0.29) is 18.8 Å². The Kier molecular flexibility index (Phi) is 4.10. The monoisotopic (exact) mass is 290 g/mol. The van der Waals surface area contributed by atoms with Crippen LogP contribution < -0.4 is 5.73 Å². The number of morpholine rings is 1. The third-order valence-electron chi connectivity index (χ3n) is 3.83. The van der Waals surface area contributed by atoms with Gasteiger partial charge in [0.1, 0.15) is 5.82 Å². The van der Waals surface area contributed by atoms with E-state index in [0.29, 0.717) is 0 Å². The zero-order chi connectivity index (χ0) is 14.8. The first-order chi connectivity index (χ1) is 10.1. The van der Waals surface area contributed by atoms with Gasteiger partial charge in [-0.15, -0.1) is 0 Å². The van der Waals surface area contributed by atoms with Gasteiger partial charge in [-0.3, -0.25) is 4.90 Å². The van der Waals surface area contributed by atoms with Crippen LogP contribution >= 0.6 is 0 Å². The summed E-state index contributed by atoms with van der Waals surface area (Å²) in [6, 6.07) is 5.70. The normalized spacial score (nSPS) is 23.7. The van der Waals surface area contributed by atoms with Crippen LogP contribution in [0.3, 0.4) is 0 Å². The number of nitrogen functional groups attached to an aromatic ring is 1. The van der Waals surface area contributed by atoms with E-state index in [4.69, 9.17) is 10.5 Å². The lowest BCUT2D eigenvalue weighted by Gasteiger charge is -2.35. The summed E-state index contributed by atoms with van der Waals surface area (Å²) >= 11 is 0. The molecule has 1 aromatic carbocycles. The Bertz CT molecular complexity index is 613. The van der Waals surface area contributed by atoms with Gasteiger partial charge in [0.15, 0.2) is 0 Å². The molecule has 1 saturated heterocycles. The number of fused-ring (bicyclic) bond motifs is 1. The zero-order valence-electron chi connectivity index (χ0n) is 12.2. The summed E-state index contributed by atoms with van der Waals surface area (Å²) in [4.78, 5) is 10.2. The largest absolute Gasteiger partial charge is 0.399 e. The van der Waals surface area contributed by atoms with Crippen LogP contribution in [0.15, 0.2) is 18.2 Å². The van der Waals surface area contributed by atoms with Crippen molar-refractivity contribution in [1.29, 1.82) is 0 Å². The first kappa shape index (κ1) is 14.3. The maximum Gasteiger partial charge on any atom is 0.108 e. The van der Waals surface area contributed by atoms with E-state index in [1.165, 1.54) is 0 Å². The van der Waals surface area contributed by atoms with Crippen molar-refractivity contribution in [3.8, 4) is 0 Å². The van der Waals surface area contributed by atoms with Crippen molar-refractivity contribution in [2.75, 3.05) is 32.0 Å². The topological polar surface area (TPSA) is 87.4 Å². The smallest absolute Gasteiger partial charge is 0.108 e. The van der Waals surface area contributed by atoms with Gasteiger partial charge in [-0.05, 0) is 25.1 Å². The second-order valence-electron chi connectivity index (χ2n) is 5.72. The van der Waals surface area contributed by atoms with Gasteiger partial charge in [0.2, 0.25) is 0 Å². The van der Waals surface area contributed by atoms with E-state index in [0.717, 1.165) is 48.6 Å². The number of H-pyrrole nitrogens is 1. The average Bonchev–Trinajstić information content (AvgIpc) is 2.86. The van der Waals surface area contributed by atoms with Crippen LogP contribution in [0.4, 0.5) is 5.69 Å². The SMILES string of the molecule is CC1CN(CCc2nc3ccc(N)cc3[nH]2)CC(CO)O1. The van der Waals surface area contributed by atoms with Gasteiger partial charge in [-0.1, -0.05) is 0 Å². The molecule has 0 aliphatic carbocycles. The van der Waals surface area contributed by atoms with Crippen LogP contribution in [0.25, 0.3) is 11.0 Å². The number of aromatic nitrogens is 2. The van der Waals surface area contributed by atoms with Crippen molar-refractivity contribution in [1.82, 2.24) is 14.9 Å². The highest BCUT2D eigenvalue weighted by molar-refractivity contribution is 5.78. The van der Waals surface area contributed by atoms with E-state index in [1.807, 2.05) is 25.1 Å². The van der Waals surface area contributed by atoms with Crippen molar-refractivity contribution in [2.24, 2.45) is 0 Å². The van der Waals surface area contributed by atoms with E-state index in [2.05, 4.69) is 14.9 Å². The molecule has 0 radical (unpaired) electrons. The highest BCUT2D eigenvalue weighted by Crippen LogP contribution is 2.16. The molecular weight excluding hydrogens is 268 g/mol. The molecule has 1 aliphatic rings. The molecule has 21 heavy (non-hydrogen) atoms. The maximum absolute atomic E-state index is 9.25. The number of anilines is 1. The average molecular weight is 290 g/mol. The highest BCUT2D eigenvalue weighted by Gasteiger charge is 2.24. The summed E-state index contributed by atoms with van der Waals surface area (Å²) in [5.74, 6) is 0.968. The highest BCUT2D eigenvalue weighted by atomic mass is 16.5. The summed E-state index contributed by atoms with van der Waals surface area (Å²) in [5, 5.41) is 9.25. The Labute approximate surface area is 123 Å². The van der Waals surface area contributed by atoms with Gasteiger partial charge < -0.3 is 20.6 Å². The minimum Gasteiger partial charge on any atom is -0.399 e. The molecule has 114 valence electrons. The summed E-state index contributed by atoms with van der Waals surface area (Å²) in [6.07, 6.45) is 0.926. The summed E-state index contributed by atoms with van der Waals surface area (Å²) in [6.45, 7) is 4.68. The lowest BCUT2D eigenvalue weighted by molar-refractivity contribution is -0.0948. The molecule has 0 saturated carbocycles. The molecular formula is C15H22N4O2. The van der Waals surface area contributed by atoms with Gasteiger partial charge in [0.05, 0.1) is 29.8 Å². The van der Waals surface area contributed by atoms with Crippen LogP contribution in [0.2, 0.25) is 0 Å². The van der Waals surface area contributed by atoms with Crippen LogP contribution in [0.5, 0.6) is 0 Å². The van der Waals surface area contributed by atoms with E-state index < -0.39 is 0 Å². The minimum absolute atomic E-state index is 0.0742. The van der Waals surface area contributed by atoms with Gasteiger partial charge in [0, 0.05) is 31.7 Å². The Morgan fingerprint density at radius 3 is 3.14 bits per heavy atom. The van der Waals surface area contributed by atoms with Crippen molar-refractivity contribution < 1.29 is 9.84 Å². The molecule has 2 atom stereocenters. The molecule has 3 rings (SSSR count). The standard InChI is InChI=1S/C15H22N4O2/c1-10-7-19(8-12(9-20)21-10)5-4-15-17-13-3-2-11(16)6-14(13)18-15/h2-3,6,10,12,20H,4-5,7-9,16H2,1H3,(H,17,18). The molecule has 1 fully saturated rings. The molecule has 6 nitrogen and oxygen atoms in total. The summed E-state index contributed by atoms with van der Waals surface area (Å²) in [7, 11) is 0. The predicted octanol–water partition coefficient (Wildman–Crippen LogP) is 0.769. The van der Waals surface area contributed by atoms with E-state index >= 15 is 0 Å². The fraction of sp³-hybridized carbons (Fsp3) is 0.533.